The number of carbonyl (C=O) groups excluding carboxylic acids is 2. The number of ether oxygens (including phenoxy) is 1. The molecule has 2 rings (SSSR count). The summed E-state index contributed by atoms with van der Waals surface area (Å²) in [5, 5.41) is 11.8. The van der Waals surface area contributed by atoms with Gasteiger partial charge in [-0.05, 0) is 17.7 Å². The summed E-state index contributed by atoms with van der Waals surface area (Å²) in [4.78, 5) is 25.9. The van der Waals surface area contributed by atoms with E-state index in [-0.39, 0.29) is 19.1 Å². The maximum absolute atomic E-state index is 12.2. The van der Waals surface area contributed by atoms with Gasteiger partial charge in [-0.15, -0.1) is 0 Å². The van der Waals surface area contributed by atoms with Crippen molar-refractivity contribution in [3.8, 4) is 0 Å². The van der Waals surface area contributed by atoms with Crippen molar-refractivity contribution < 1.29 is 19.4 Å². The summed E-state index contributed by atoms with van der Waals surface area (Å²) in [6, 6.07) is 16.4. The SMILES string of the molecule is CN(Cc1ccccc1)C(=O)COC(=O)c1ccccc1NCCO. The minimum absolute atomic E-state index is 0.0495. The molecule has 0 aliphatic carbocycles. The quantitative estimate of drug-likeness (QED) is 0.717. The largest absolute Gasteiger partial charge is 0.452 e. The fourth-order valence-corrected chi connectivity index (χ4v) is 2.27. The first-order valence-corrected chi connectivity index (χ1v) is 8.00. The molecule has 6 heteroatoms. The molecule has 2 N–H and O–H groups in total. The summed E-state index contributed by atoms with van der Waals surface area (Å²) in [7, 11) is 1.67. The number of aliphatic hydroxyl groups is 1. The van der Waals surface area contributed by atoms with Crippen molar-refractivity contribution in [3.05, 3.63) is 65.7 Å². The van der Waals surface area contributed by atoms with E-state index in [9.17, 15) is 9.59 Å². The standard InChI is InChI=1S/C19H22N2O4/c1-21(13-15-7-3-2-4-8-15)18(23)14-25-19(24)16-9-5-6-10-17(16)20-11-12-22/h2-10,20,22H,11-14H2,1H3. The number of likely N-dealkylation sites (N-methyl/N-ethyl adjacent to an activating group) is 1. The number of nitrogens with zero attached hydrogens (tertiary/aromatic N) is 1. The normalized spacial score (nSPS) is 10.2. The maximum atomic E-state index is 12.2. The average molecular weight is 342 g/mol. The number of anilines is 1. The Bertz CT molecular complexity index is 704. The van der Waals surface area contributed by atoms with Crippen LogP contribution < -0.4 is 5.32 Å². The third kappa shape index (κ3) is 5.61. The van der Waals surface area contributed by atoms with Gasteiger partial charge in [0.1, 0.15) is 0 Å². The van der Waals surface area contributed by atoms with E-state index in [1.54, 1.807) is 31.3 Å². The van der Waals surface area contributed by atoms with Crippen molar-refractivity contribution in [2.75, 3.05) is 32.1 Å². The maximum Gasteiger partial charge on any atom is 0.340 e. The molecule has 0 bridgehead atoms. The molecule has 25 heavy (non-hydrogen) atoms. The van der Waals surface area contributed by atoms with E-state index in [4.69, 9.17) is 9.84 Å². The molecule has 0 saturated carbocycles. The molecule has 0 aliphatic rings. The molecule has 0 heterocycles. The van der Waals surface area contributed by atoms with E-state index >= 15 is 0 Å². The van der Waals surface area contributed by atoms with Gasteiger partial charge in [0.15, 0.2) is 6.61 Å². The molecule has 0 radical (unpaired) electrons. The highest BCUT2D eigenvalue weighted by atomic mass is 16.5. The molecule has 0 aromatic heterocycles. The molecule has 0 aliphatic heterocycles. The van der Waals surface area contributed by atoms with Gasteiger partial charge in [0, 0.05) is 25.8 Å². The van der Waals surface area contributed by atoms with Crippen LogP contribution in [0.2, 0.25) is 0 Å². The first kappa shape index (κ1) is 18.5. The van der Waals surface area contributed by atoms with E-state index in [1.165, 1.54) is 4.90 Å². The van der Waals surface area contributed by atoms with Crippen LogP contribution in [0.1, 0.15) is 15.9 Å². The number of hydrogen-bond acceptors (Lipinski definition) is 5. The molecule has 1 amide bonds. The summed E-state index contributed by atoms with van der Waals surface area (Å²) in [5.41, 5.74) is 1.89. The second-order valence-electron chi connectivity index (χ2n) is 5.51. The molecular formula is C19H22N2O4. The van der Waals surface area contributed by atoms with E-state index in [1.807, 2.05) is 30.3 Å². The molecule has 6 nitrogen and oxygen atoms in total. The van der Waals surface area contributed by atoms with Crippen molar-refractivity contribution >= 4 is 17.6 Å². The molecule has 0 atom stereocenters. The lowest BCUT2D eigenvalue weighted by atomic mass is 10.2. The fourth-order valence-electron chi connectivity index (χ4n) is 2.27. The predicted octanol–water partition coefficient (Wildman–Crippen LogP) is 1.91. The van der Waals surface area contributed by atoms with Crippen LogP contribution in [0.4, 0.5) is 5.69 Å². The number of amides is 1. The summed E-state index contributed by atoms with van der Waals surface area (Å²) in [6.45, 7) is 0.400. The van der Waals surface area contributed by atoms with Gasteiger partial charge in [0.2, 0.25) is 0 Å². The van der Waals surface area contributed by atoms with Gasteiger partial charge in [0.25, 0.3) is 5.91 Å². The predicted molar refractivity (Wildman–Crippen MR) is 95.2 cm³/mol. The zero-order valence-corrected chi connectivity index (χ0v) is 14.1. The lowest BCUT2D eigenvalue weighted by Gasteiger charge is -2.17. The minimum Gasteiger partial charge on any atom is -0.452 e. The Morgan fingerprint density at radius 1 is 1.08 bits per heavy atom. The zero-order chi connectivity index (χ0) is 18.1. The van der Waals surface area contributed by atoms with Crippen LogP contribution in [0.25, 0.3) is 0 Å². The Labute approximate surface area is 147 Å². The van der Waals surface area contributed by atoms with Crippen LogP contribution in [-0.2, 0) is 16.1 Å². The van der Waals surface area contributed by atoms with Crippen LogP contribution in [-0.4, -0.2) is 48.7 Å². The van der Waals surface area contributed by atoms with Gasteiger partial charge in [-0.2, -0.15) is 0 Å². The van der Waals surface area contributed by atoms with Crippen molar-refractivity contribution in [1.82, 2.24) is 4.90 Å². The summed E-state index contributed by atoms with van der Waals surface area (Å²) in [5.74, 6) is -0.861. The van der Waals surface area contributed by atoms with Crippen LogP contribution in [0.5, 0.6) is 0 Å². The topological polar surface area (TPSA) is 78.9 Å². The molecule has 132 valence electrons. The van der Waals surface area contributed by atoms with Crippen molar-refractivity contribution in [2.45, 2.75) is 6.54 Å². The smallest absolute Gasteiger partial charge is 0.340 e. The van der Waals surface area contributed by atoms with Crippen LogP contribution >= 0.6 is 0 Å². The first-order valence-electron chi connectivity index (χ1n) is 8.00. The third-order valence-electron chi connectivity index (χ3n) is 3.59. The Balaban J connectivity index is 1.90. The Kier molecular flexibility index (Phi) is 6.98. The monoisotopic (exact) mass is 342 g/mol. The summed E-state index contributed by atoms with van der Waals surface area (Å²) < 4.78 is 5.14. The Morgan fingerprint density at radius 3 is 2.48 bits per heavy atom. The van der Waals surface area contributed by atoms with Gasteiger partial charge in [0.05, 0.1) is 12.2 Å². The number of para-hydroxylation sites is 1. The van der Waals surface area contributed by atoms with Crippen LogP contribution in [0, 0.1) is 0 Å². The van der Waals surface area contributed by atoms with Crippen LogP contribution in [0.15, 0.2) is 54.6 Å². The zero-order valence-electron chi connectivity index (χ0n) is 14.1. The minimum atomic E-state index is -0.581. The molecule has 2 aromatic rings. The first-order chi connectivity index (χ1) is 12.1. The second kappa shape index (κ2) is 9.44. The van der Waals surface area contributed by atoms with Gasteiger partial charge >= 0.3 is 5.97 Å². The van der Waals surface area contributed by atoms with Gasteiger partial charge < -0.3 is 20.1 Å². The van der Waals surface area contributed by atoms with E-state index in [2.05, 4.69) is 5.32 Å². The fraction of sp³-hybridized carbons (Fsp3) is 0.263. The lowest BCUT2D eigenvalue weighted by Crippen LogP contribution is -2.30. The van der Waals surface area contributed by atoms with Crippen molar-refractivity contribution in [3.63, 3.8) is 0 Å². The van der Waals surface area contributed by atoms with Gasteiger partial charge in [-0.25, -0.2) is 4.79 Å². The number of esters is 1. The van der Waals surface area contributed by atoms with Gasteiger partial charge in [-0.3, -0.25) is 4.79 Å². The number of aliphatic hydroxyl groups excluding tert-OH is 1. The highest BCUT2D eigenvalue weighted by Crippen LogP contribution is 2.16. The highest BCUT2D eigenvalue weighted by molar-refractivity contribution is 5.96. The van der Waals surface area contributed by atoms with Crippen molar-refractivity contribution in [1.29, 1.82) is 0 Å². The number of carbonyl (C=O) groups is 2. The molecule has 2 aromatic carbocycles. The molecular weight excluding hydrogens is 320 g/mol. The number of nitrogens with one attached hydrogen (secondary N) is 1. The van der Waals surface area contributed by atoms with Crippen molar-refractivity contribution in [2.24, 2.45) is 0 Å². The molecule has 0 unspecified atom stereocenters. The molecule has 0 fully saturated rings. The number of benzene rings is 2. The average Bonchev–Trinajstić information content (AvgIpc) is 2.65. The lowest BCUT2D eigenvalue weighted by molar-refractivity contribution is -0.133. The number of rotatable bonds is 8. The highest BCUT2D eigenvalue weighted by Gasteiger charge is 2.16. The summed E-state index contributed by atoms with van der Waals surface area (Å²) >= 11 is 0. The van der Waals surface area contributed by atoms with E-state index in [0.29, 0.717) is 24.3 Å². The third-order valence-corrected chi connectivity index (χ3v) is 3.59. The van der Waals surface area contributed by atoms with E-state index in [0.717, 1.165) is 5.56 Å². The van der Waals surface area contributed by atoms with Gasteiger partial charge in [-0.1, -0.05) is 42.5 Å². The number of hydrogen-bond donors (Lipinski definition) is 2. The summed E-state index contributed by atoms with van der Waals surface area (Å²) in [6.07, 6.45) is 0. The Hall–Kier alpha value is -2.86. The van der Waals surface area contributed by atoms with Crippen LogP contribution in [0.3, 0.4) is 0 Å². The Morgan fingerprint density at radius 2 is 1.76 bits per heavy atom. The second-order valence-corrected chi connectivity index (χ2v) is 5.51. The molecule has 0 spiro atoms. The van der Waals surface area contributed by atoms with E-state index < -0.39 is 5.97 Å². The molecule has 0 saturated heterocycles.